The molecular weight excluding hydrogens is 722 g/mol. The summed E-state index contributed by atoms with van der Waals surface area (Å²) in [5, 5.41) is 8.34. The Bertz CT molecular complexity index is 1700. The Morgan fingerprint density at radius 1 is 0.667 bits per heavy atom. The number of ether oxygens (including phenoxy) is 10. The number of benzene rings is 1. The molecule has 2 aromatic rings. The van der Waals surface area contributed by atoms with Gasteiger partial charge in [0.1, 0.15) is 31.1 Å². The van der Waals surface area contributed by atoms with E-state index in [0.717, 1.165) is 54.0 Å². The number of carbonyl (C=O) groups excluding carboxylic acids is 7. The Morgan fingerprint density at radius 3 is 1.80 bits per heavy atom. The Kier molecular flexibility index (Phi) is 13.8. The minimum Gasteiger partial charge on any atom is -0.463 e. The highest BCUT2D eigenvalue weighted by Gasteiger charge is 2.64. The summed E-state index contributed by atoms with van der Waals surface area (Å²) in [5.74, 6) is -8.51. The van der Waals surface area contributed by atoms with Crippen LogP contribution < -0.4 is 0 Å². The highest BCUT2D eigenvalue weighted by atomic mass is 16.8. The quantitative estimate of drug-likeness (QED) is 0.189. The van der Waals surface area contributed by atoms with Gasteiger partial charge in [0.25, 0.3) is 0 Å². The largest absolute Gasteiger partial charge is 0.463 e. The van der Waals surface area contributed by atoms with Gasteiger partial charge in [0.2, 0.25) is 12.1 Å². The van der Waals surface area contributed by atoms with Crippen LogP contribution in [0.5, 0.6) is 0 Å². The van der Waals surface area contributed by atoms with Crippen LogP contribution >= 0.6 is 0 Å². The predicted octanol–water partition coefficient (Wildman–Crippen LogP) is 0.566. The maximum absolute atomic E-state index is 12.6. The summed E-state index contributed by atoms with van der Waals surface area (Å²) in [7, 11) is 0. The highest BCUT2D eigenvalue weighted by Crippen LogP contribution is 2.42. The molecule has 20 heteroatoms. The van der Waals surface area contributed by atoms with Crippen molar-refractivity contribution < 1.29 is 80.9 Å². The number of rotatable bonds is 14. The van der Waals surface area contributed by atoms with Gasteiger partial charge in [0.15, 0.2) is 30.5 Å². The standard InChI is InChI=1S/C34H41N3O17/c1-17(38)45-15-27-28(47-19(3)40)30(49-21(5)42)31(50-22(6)43)33(52-27)54-34(16-46-18(2)39)32(51-23(7)44)29(48-20(4)41)26(53-34)14-37-13-25(35-36-37)24-11-9-8-10-12-24/h8-13,26-33H,14-16H2,1-7H3/t26-,27-,28-,29-,30+,31-,32+,33-,34+/m1/s1. The second kappa shape index (κ2) is 18.0. The van der Waals surface area contributed by atoms with Gasteiger partial charge in [-0.2, -0.15) is 0 Å². The van der Waals surface area contributed by atoms with Crippen LogP contribution in [0.3, 0.4) is 0 Å². The Balaban J connectivity index is 1.84. The third-order valence-electron chi connectivity index (χ3n) is 7.76. The van der Waals surface area contributed by atoms with E-state index in [-0.39, 0.29) is 6.54 Å². The van der Waals surface area contributed by atoms with Crippen LogP contribution in [0.4, 0.5) is 0 Å². The molecule has 4 rings (SSSR count). The predicted molar refractivity (Wildman–Crippen MR) is 174 cm³/mol. The molecule has 2 aliphatic heterocycles. The zero-order chi connectivity index (χ0) is 39.7. The lowest BCUT2D eigenvalue weighted by Crippen LogP contribution is -2.65. The van der Waals surface area contributed by atoms with Crippen molar-refractivity contribution in [1.82, 2.24) is 15.0 Å². The summed E-state index contributed by atoms with van der Waals surface area (Å²) >= 11 is 0. The van der Waals surface area contributed by atoms with Gasteiger partial charge >= 0.3 is 41.8 Å². The molecule has 2 saturated heterocycles. The van der Waals surface area contributed by atoms with Crippen molar-refractivity contribution in [2.75, 3.05) is 13.2 Å². The normalized spacial score (nSPS) is 27.5. The van der Waals surface area contributed by atoms with E-state index in [4.69, 9.17) is 47.4 Å². The Morgan fingerprint density at radius 2 is 1.22 bits per heavy atom. The minimum atomic E-state index is -2.44. The summed E-state index contributed by atoms with van der Waals surface area (Å²) in [6.07, 6.45) is -11.2. The summed E-state index contributed by atoms with van der Waals surface area (Å²) in [5.41, 5.74) is 1.22. The molecule has 1 aromatic heterocycles. The molecule has 0 bridgehead atoms. The fourth-order valence-corrected chi connectivity index (χ4v) is 5.88. The number of carbonyl (C=O) groups is 7. The van der Waals surface area contributed by atoms with E-state index in [1.54, 1.807) is 6.20 Å². The number of hydrogen-bond acceptors (Lipinski definition) is 19. The van der Waals surface area contributed by atoms with Gasteiger partial charge in [0, 0.05) is 54.0 Å². The third-order valence-corrected chi connectivity index (χ3v) is 7.76. The second-order valence-electron chi connectivity index (χ2n) is 12.2. The van der Waals surface area contributed by atoms with Crippen LogP contribution in [0.15, 0.2) is 36.5 Å². The summed E-state index contributed by atoms with van der Waals surface area (Å²) < 4.78 is 58.4. The highest BCUT2D eigenvalue weighted by molar-refractivity contribution is 5.69. The first-order chi connectivity index (χ1) is 25.5. The molecule has 0 amide bonds. The molecule has 9 atom stereocenters. The van der Waals surface area contributed by atoms with Crippen molar-refractivity contribution in [3.05, 3.63) is 36.5 Å². The maximum atomic E-state index is 12.6. The van der Waals surface area contributed by atoms with Crippen LogP contribution in [-0.2, 0) is 87.5 Å². The fourth-order valence-electron chi connectivity index (χ4n) is 5.88. The van der Waals surface area contributed by atoms with E-state index in [2.05, 4.69) is 10.3 Å². The lowest BCUT2D eigenvalue weighted by molar-refractivity contribution is -0.384. The zero-order valence-corrected chi connectivity index (χ0v) is 30.5. The average Bonchev–Trinajstić information content (AvgIpc) is 3.64. The van der Waals surface area contributed by atoms with Crippen LogP contribution in [0.1, 0.15) is 48.5 Å². The van der Waals surface area contributed by atoms with E-state index in [1.807, 2.05) is 30.3 Å². The SMILES string of the molecule is CC(=O)OC[C@H]1O[C@H](O[C@]2(COC(C)=O)O[C@H](Cn3cc(-c4ccccc4)nn3)[C@@H](OC(C)=O)[C@@H]2OC(C)=O)[C@H](OC(C)=O)[C@@H](OC(C)=O)[C@@H]1OC(C)=O. The minimum absolute atomic E-state index is 0.209. The first kappa shape index (κ1) is 41.3. The van der Waals surface area contributed by atoms with Gasteiger partial charge in [-0.25, -0.2) is 4.68 Å². The third kappa shape index (κ3) is 10.8. The molecule has 0 aliphatic carbocycles. The molecule has 0 saturated carbocycles. The monoisotopic (exact) mass is 763 g/mol. The second-order valence-corrected chi connectivity index (χ2v) is 12.2. The lowest BCUT2D eigenvalue weighted by atomic mass is 9.97. The Labute approximate surface area is 308 Å². The number of esters is 7. The summed E-state index contributed by atoms with van der Waals surface area (Å²) in [6, 6.07) is 9.06. The molecule has 0 unspecified atom stereocenters. The molecule has 1 aromatic carbocycles. The molecule has 2 fully saturated rings. The summed E-state index contributed by atoms with van der Waals surface area (Å²) in [6.45, 7) is 5.75. The van der Waals surface area contributed by atoms with E-state index < -0.39 is 110 Å². The molecule has 2 aliphatic rings. The molecule has 20 nitrogen and oxygen atoms in total. The van der Waals surface area contributed by atoms with Crippen molar-refractivity contribution in [2.24, 2.45) is 0 Å². The number of nitrogens with zero attached hydrogens (tertiary/aromatic N) is 3. The molecule has 0 N–H and O–H groups in total. The number of hydrogen-bond donors (Lipinski definition) is 0. The molecular formula is C34H41N3O17. The maximum Gasteiger partial charge on any atom is 0.303 e. The van der Waals surface area contributed by atoms with Gasteiger partial charge in [-0.05, 0) is 0 Å². The van der Waals surface area contributed by atoms with Gasteiger partial charge in [-0.3, -0.25) is 33.6 Å². The lowest BCUT2D eigenvalue weighted by Gasteiger charge is -2.46. The Hall–Kier alpha value is -5.47. The van der Waals surface area contributed by atoms with Crippen LogP contribution in [-0.4, -0.2) is 125 Å². The first-order valence-electron chi connectivity index (χ1n) is 16.6. The van der Waals surface area contributed by atoms with Gasteiger partial charge in [-0.15, -0.1) is 5.10 Å². The molecule has 3 heterocycles. The van der Waals surface area contributed by atoms with Crippen molar-refractivity contribution in [3.63, 3.8) is 0 Å². The van der Waals surface area contributed by atoms with Crippen LogP contribution in [0.25, 0.3) is 11.3 Å². The van der Waals surface area contributed by atoms with E-state index >= 15 is 0 Å². The topological polar surface area (TPSA) is 242 Å². The zero-order valence-electron chi connectivity index (χ0n) is 30.5. The van der Waals surface area contributed by atoms with Crippen molar-refractivity contribution in [1.29, 1.82) is 0 Å². The van der Waals surface area contributed by atoms with Crippen LogP contribution in [0.2, 0.25) is 0 Å². The van der Waals surface area contributed by atoms with Crippen LogP contribution in [0, 0.1) is 0 Å². The van der Waals surface area contributed by atoms with E-state index in [0.29, 0.717) is 5.69 Å². The fraction of sp³-hybridized carbons (Fsp3) is 0.559. The van der Waals surface area contributed by atoms with Crippen molar-refractivity contribution in [2.45, 2.75) is 110 Å². The van der Waals surface area contributed by atoms with Crippen molar-refractivity contribution in [3.8, 4) is 11.3 Å². The van der Waals surface area contributed by atoms with E-state index in [1.165, 1.54) is 4.68 Å². The molecule has 54 heavy (non-hydrogen) atoms. The molecule has 0 radical (unpaired) electrons. The van der Waals surface area contributed by atoms with Gasteiger partial charge in [0.05, 0.1) is 12.7 Å². The average molecular weight is 764 g/mol. The summed E-state index contributed by atoms with van der Waals surface area (Å²) in [4.78, 5) is 86.4. The van der Waals surface area contributed by atoms with Crippen molar-refractivity contribution >= 4 is 41.8 Å². The van der Waals surface area contributed by atoms with Gasteiger partial charge < -0.3 is 47.4 Å². The number of aromatic nitrogens is 3. The van der Waals surface area contributed by atoms with Gasteiger partial charge in [-0.1, -0.05) is 35.5 Å². The molecule has 294 valence electrons. The smallest absolute Gasteiger partial charge is 0.303 e. The first-order valence-corrected chi connectivity index (χ1v) is 16.6. The van der Waals surface area contributed by atoms with E-state index in [9.17, 15) is 33.6 Å². The molecule has 0 spiro atoms.